The molecule has 4 heteroatoms. The molecule has 0 aromatic heterocycles. The summed E-state index contributed by atoms with van der Waals surface area (Å²) in [5, 5.41) is 8.07. The minimum Gasteiger partial charge on any atom is -0.331 e. The summed E-state index contributed by atoms with van der Waals surface area (Å²) in [4.78, 5) is 0. The maximum absolute atomic E-state index is 5.35. The van der Waals surface area contributed by atoms with Gasteiger partial charge in [0.15, 0.2) is 5.11 Å². The predicted octanol–water partition coefficient (Wildman–Crippen LogP) is 5.68. The van der Waals surface area contributed by atoms with Crippen molar-refractivity contribution in [3.8, 4) is 11.1 Å². The SMILES string of the molecule is C/C(=N/NC(=S)Nc1ccc(C)cc1C)c1ccc(-c2ccccc2)cc1. The van der Waals surface area contributed by atoms with Crippen molar-refractivity contribution in [3.63, 3.8) is 0 Å². The Morgan fingerprint density at radius 1 is 0.852 bits per heavy atom. The van der Waals surface area contributed by atoms with E-state index in [1.165, 1.54) is 16.7 Å². The first kappa shape index (κ1) is 18.8. The Morgan fingerprint density at radius 2 is 1.52 bits per heavy atom. The van der Waals surface area contributed by atoms with Crippen LogP contribution >= 0.6 is 12.2 Å². The molecule has 0 spiro atoms. The molecule has 0 bridgehead atoms. The van der Waals surface area contributed by atoms with Crippen molar-refractivity contribution < 1.29 is 0 Å². The number of nitrogens with zero attached hydrogens (tertiary/aromatic N) is 1. The number of hydrogen-bond donors (Lipinski definition) is 2. The Morgan fingerprint density at radius 3 is 2.19 bits per heavy atom. The molecule has 0 aliphatic heterocycles. The molecule has 27 heavy (non-hydrogen) atoms. The first-order valence-electron chi connectivity index (χ1n) is 8.87. The summed E-state index contributed by atoms with van der Waals surface area (Å²) in [5.74, 6) is 0. The van der Waals surface area contributed by atoms with Gasteiger partial charge in [-0.15, -0.1) is 0 Å². The molecule has 0 atom stereocenters. The fourth-order valence-electron chi connectivity index (χ4n) is 2.84. The fourth-order valence-corrected chi connectivity index (χ4v) is 2.99. The van der Waals surface area contributed by atoms with Gasteiger partial charge < -0.3 is 5.32 Å². The number of aryl methyl sites for hydroxylation is 2. The lowest BCUT2D eigenvalue weighted by Gasteiger charge is -2.11. The first-order chi connectivity index (χ1) is 13.0. The van der Waals surface area contributed by atoms with Crippen molar-refractivity contribution in [1.29, 1.82) is 0 Å². The number of hydrogen-bond acceptors (Lipinski definition) is 2. The summed E-state index contributed by atoms with van der Waals surface area (Å²) in [6, 6.07) is 24.9. The number of rotatable bonds is 4. The van der Waals surface area contributed by atoms with Crippen LogP contribution in [0.2, 0.25) is 0 Å². The topological polar surface area (TPSA) is 36.4 Å². The predicted molar refractivity (Wildman–Crippen MR) is 119 cm³/mol. The van der Waals surface area contributed by atoms with E-state index in [2.05, 4.69) is 78.2 Å². The van der Waals surface area contributed by atoms with Crippen molar-refractivity contribution in [2.24, 2.45) is 5.10 Å². The summed E-state index contributed by atoms with van der Waals surface area (Å²) in [6.07, 6.45) is 0. The molecule has 3 aromatic rings. The third kappa shape index (κ3) is 5.02. The maximum atomic E-state index is 5.35. The van der Waals surface area contributed by atoms with Crippen LogP contribution in [0.5, 0.6) is 0 Å². The Labute approximate surface area is 166 Å². The highest BCUT2D eigenvalue weighted by Gasteiger charge is 2.03. The monoisotopic (exact) mass is 373 g/mol. The van der Waals surface area contributed by atoms with E-state index < -0.39 is 0 Å². The van der Waals surface area contributed by atoms with Gasteiger partial charge in [0, 0.05) is 5.69 Å². The van der Waals surface area contributed by atoms with Crippen molar-refractivity contribution >= 4 is 28.7 Å². The van der Waals surface area contributed by atoms with Crippen LogP contribution in [-0.2, 0) is 0 Å². The molecule has 3 aromatic carbocycles. The standard InChI is InChI=1S/C23H23N3S/c1-16-9-14-22(17(2)15-16)24-23(27)26-25-18(3)19-10-12-21(13-11-19)20-7-5-4-6-8-20/h4-15H,1-3H3,(H2,24,26,27)/b25-18-. The second kappa shape index (κ2) is 8.60. The Kier molecular flexibility index (Phi) is 5.99. The van der Waals surface area contributed by atoms with Crippen LogP contribution in [0.3, 0.4) is 0 Å². The van der Waals surface area contributed by atoms with Crippen molar-refractivity contribution in [2.45, 2.75) is 20.8 Å². The van der Waals surface area contributed by atoms with Gasteiger partial charge in [-0.1, -0.05) is 72.3 Å². The second-order valence-electron chi connectivity index (χ2n) is 6.52. The molecule has 0 aliphatic rings. The molecule has 0 heterocycles. The Hall–Kier alpha value is -2.98. The molecule has 0 saturated carbocycles. The first-order valence-corrected chi connectivity index (χ1v) is 9.28. The highest BCUT2D eigenvalue weighted by Crippen LogP contribution is 2.19. The van der Waals surface area contributed by atoms with Gasteiger partial charge in [-0.25, -0.2) is 0 Å². The molecule has 136 valence electrons. The van der Waals surface area contributed by atoms with Gasteiger partial charge in [-0.05, 0) is 61.3 Å². The summed E-state index contributed by atoms with van der Waals surface area (Å²) in [7, 11) is 0. The van der Waals surface area contributed by atoms with E-state index in [1.54, 1.807) is 0 Å². The molecule has 0 fully saturated rings. The Bertz CT molecular complexity index is 961. The highest BCUT2D eigenvalue weighted by atomic mass is 32.1. The fraction of sp³-hybridized carbons (Fsp3) is 0.130. The Balaban J connectivity index is 1.64. The van der Waals surface area contributed by atoms with Crippen LogP contribution in [-0.4, -0.2) is 10.8 Å². The van der Waals surface area contributed by atoms with Crippen LogP contribution in [0.25, 0.3) is 11.1 Å². The van der Waals surface area contributed by atoms with Crippen LogP contribution < -0.4 is 10.7 Å². The van der Waals surface area contributed by atoms with Gasteiger partial charge in [-0.2, -0.15) is 5.10 Å². The van der Waals surface area contributed by atoms with Crippen molar-refractivity contribution in [3.05, 3.63) is 89.5 Å². The average molecular weight is 374 g/mol. The zero-order chi connectivity index (χ0) is 19.2. The van der Waals surface area contributed by atoms with Gasteiger partial charge in [0.25, 0.3) is 0 Å². The van der Waals surface area contributed by atoms with Gasteiger partial charge in [0.2, 0.25) is 0 Å². The number of thiocarbonyl (C=S) groups is 1. The summed E-state index contributed by atoms with van der Waals surface area (Å²) in [5.41, 5.74) is 10.6. The van der Waals surface area contributed by atoms with Crippen LogP contribution in [0.4, 0.5) is 5.69 Å². The van der Waals surface area contributed by atoms with Crippen molar-refractivity contribution in [2.75, 3.05) is 5.32 Å². The van der Waals surface area contributed by atoms with Gasteiger partial charge in [-0.3, -0.25) is 5.43 Å². The molecular formula is C23H23N3S. The van der Waals surface area contributed by atoms with Crippen LogP contribution in [0.1, 0.15) is 23.6 Å². The molecule has 3 rings (SSSR count). The lowest BCUT2D eigenvalue weighted by Crippen LogP contribution is -2.25. The van der Waals surface area contributed by atoms with E-state index in [0.717, 1.165) is 22.5 Å². The molecule has 0 aliphatic carbocycles. The van der Waals surface area contributed by atoms with E-state index in [-0.39, 0.29) is 0 Å². The van der Waals surface area contributed by atoms with Crippen LogP contribution in [0, 0.1) is 13.8 Å². The largest absolute Gasteiger partial charge is 0.331 e. The molecular weight excluding hydrogens is 350 g/mol. The normalized spacial score (nSPS) is 11.1. The van der Waals surface area contributed by atoms with Crippen LogP contribution in [0.15, 0.2) is 77.9 Å². The summed E-state index contributed by atoms with van der Waals surface area (Å²) in [6.45, 7) is 6.09. The molecule has 0 saturated heterocycles. The number of anilines is 1. The number of hydrazone groups is 1. The number of benzene rings is 3. The van der Waals surface area contributed by atoms with E-state index in [0.29, 0.717) is 5.11 Å². The summed E-state index contributed by atoms with van der Waals surface area (Å²) < 4.78 is 0. The third-order valence-corrected chi connectivity index (χ3v) is 4.56. The van der Waals surface area contributed by atoms with Crippen molar-refractivity contribution in [1.82, 2.24) is 5.43 Å². The minimum atomic E-state index is 0.474. The van der Waals surface area contributed by atoms with E-state index in [4.69, 9.17) is 12.2 Å². The van der Waals surface area contributed by atoms with Gasteiger partial charge >= 0.3 is 0 Å². The molecule has 3 nitrogen and oxygen atoms in total. The lowest BCUT2D eigenvalue weighted by molar-refractivity contribution is 1.04. The lowest BCUT2D eigenvalue weighted by atomic mass is 10.0. The maximum Gasteiger partial charge on any atom is 0.191 e. The van der Waals surface area contributed by atoms with Gasteiger partial charge in [0.1, 0.15) is 0 Å². The minimum absolute atomic E-state index is 0.474. The van der Waals surface area contributed by atoms with E-state index in [9.17, 15) is 0 Å². The average Bonchev–Trinajstić information content (AvgIpc) is 2.69. The molecule has 0 amide bonds. The third-order valence-electron chi connectivity index (χ3n) is 4.37. The van der Waals surface area contributed by atoms with E-state index >= 15 is 0 Å². The zero-order valence-corrected chi connectivity index (χ0v) is 16.6. The van der Waals surface area contributed by atoms with E-state index in [1.807, 2.05) is 31.2 Å². The summed E-state index contributed by atoms with van der Waals surface area (Å²) >= 11 is 5.35. The molecule has 0 radical (unpaired) electrons. The zero-order valence-electron chi connectivity index (χ0n) is 15.8. The second-order valence-corrected chi connectivity index (χ2v) is 6.93. The quantitative estimate of drug-likeness (QED) is 0.351. The molecule has 0 unspecified atom stereocenters. The highest BCUT2D eigenvalue weighted by molar-refractivity contribution is 7.80. The molecule has 2 N–H and O–H groups in total. The number of nitrogens with one attached hydrogen (secondary N) is 2. The smallest absolute Gasteiger partial charge is 0.191 e. The van der Waals surface area contributed by atoms with Gasteiger partial charge in [0.05, 0.1) is 5.71 Å².